The lowest BCUT2D eigenvalue weighted by atomic mass is 10.0. The lowest BCUT2D eigenvalue weighted by Gasteiger charge is -2.18. The number of amides is 1. The SMILES string of the molecule is O=C(OC(c1ccccc1)c1cccc(F)c1)c1cc2n(c1)CCCNC2=O. The molecule has 1 aromatic heterocycles. The van der Waals surface area contributed by atoms with E-state index < -0.39 is 17.9 Å². The van der Waals surface area contributed by atoms with Crippen LogP contribution in [0.1, 0.15) is 44.5 Å². The van der Waals surface area contributed by atoms with Crippen molar-refractivity contribution in [1.82, 2.24) is 9.88 Å². The summed E-state index contributed by atoms with van der Waals surface area (Å²) in [5.41, 5.74) is 2.01. The van der Waals surface area contributed by atoms with E-state index in [1.807, 2.05) is 30.3 Å². The van der Waals surface area contributed by atoms with E-state index in [4.69, 9.17) is 4.74 Å². The Bertz CT molecular complexity index is 1010. The highest BCUT2D eigenvalue weighted by atomic mass is 19.1. The second-order valence-electron chi connectivity index (χ2n) is 6.67. The first-order valence-electron chi connectivity index (χ1n) is 9.11. The molecule has 1 atom stereocenters. The highest BCUT2D eigenvalue weighted by Crippen LogP contribution is 2.28. The van der Waals surface area contributed by atoms with Crippen molar-refractivity contribution in [1.29, 1.82) is 0 Å². The van der Waals surface area contributed by atoms with E-state index in [0.29, 0.717) is 29.9 Å². The average molecular weight is 378 g/mol. The molecule has 1 aliphatic rings. The Morgan fingerprint density at radius 3 is 2.64 bits per heavy atom. The number of aromatic nitrogens is 1. The number of halogens is 1. The molecule has 0 aliphatic carbocycles. The minimum atomic E-state index is -0.752. The van der Waals surface area contributed by atoms with Crippen LogP contribution in [0.2, 0.25) is 0 Å². The summed E-state index contributed by atoms with van der Waals surface area (Å²) in [6.07, 6.45) is 1.67. The van der Waals surface area contributed by atoms with Crippen molar-refractivity contribution in [2.45, 2.75) is 19.1 Å². The summed E-state index contributed by atoms with van der Waals surface area (Å²) in [6.45, 7) is 1.25. The molecule has 0 radical (unpaired) electrons. The molecule has 3 aromatic rings. The van der Waals surface area contributed by atoms with Gasteiger partial charge in [0.05, 0.1) is 5.56 Å². The molecule has 0 bridgehead atoms. The summed E-state index contributed by atoms with van der Waals surface area (Å²) in [5, 5.41) is 2.80. The molecular weight excluding hydrogens is 359 g/mol. The van der Waals surface area contributed by atoms with E-state index in [0.717, 1.165) is 12.0 Å². The highest BCUT2D eigenvalue weighted by molar-refractivity contribution is 5.97. The Balaban J connectivity index is 1.65. The molecule has 142 valence electrons. The van der Waals surface area contributed by atoms with Gasteiger partial charge >= 0.3 is 5.97 Å². The molecule has 0 saturated heterocycles. The van der Waals surface area contributed by atoms with Crippen molar-refractivity contribution in [3.63, 3.8) is 0 Å². The lowest BCUT2D eigenvalue weighted by molar-refractivity contribution is 0.0377. The number of nitrogens with zero attached hydrogens (tertiary/aromatic N) is 1. The fourth-order valence-corrected chi connectivity index (χ4v) is 3.34. The maximum atomic E-state index is 13.8. The predicted octanol–water partition coefficient (Wildman–Crippen LogP) is 3.71. The van der Waals surface area contributed by atoms with E-state index in [2.05, 4.69) is 5.32 Å². The van der Waals surface area contributed by atoms with Gasteiger partial charge < -0.3 is 14.6 Å². The van der Waals surface area contributed by atoms with Crippen LogP contribution in [0.4, 0.5) is 4.39 Å². The topological polar surface area (TPSA) is 60.3 Å². The molecule has 1 N–H and O–H groups in total. The summed E-state index contributed by atoms with van der Waals surface area (Å²) < 4.78 is 21.3. The Morgan fingerprint density at radius 1 is 1.07 bits per heavy atom. The van der Waals surface area contributed by atoms with Crippen molar-refractivity contribution in [3.05, 3.63) is 95.1 Å². The van der Waals surface area contributed by atoms with Gasteiger partial charge in [0.25, 0.3) is 5.91 Å². The zero-order valence-electron chi connectivity index (χ0n) is 15.1. The zero-order valence-corrected chi connectivity index (χ0v) is 15.1. The summed E-state index contributed by atoms with van der Waals surface area (Å²) in [5.74, 6) is -1.17. The number of esters is 1. The summed E-state index contributed by atoms with van der Waals surface area (Å²) in [4.78, 5) is 25.0. The average Bonchev–Trinajstić information content (AvgIpc) is 3.07. The molecular formula is C22H19FN2O3. The second kappa shape index (κ2) is 7.68. The molecule has 2 heterocycles. The smallest absolute Gasteiger partial charge is 0.340 e. The number of hydrogen-bond acceptors (Lipinski definition) is 3. The Labute approximate surface area is 161 Å². The van der Waals surface area contributed by atoms with Crippen LogP contribution in [0, 0.1) is 5.82 Å². The number of hydrogen-bond donors (Lipinski definition) is 1. The molecule has 5 nitrogen and oxygen atoms in total. The van der Waals surface area contributed by atoms with Gasteiger partial charge in [0.15, 0.2) is 6.10 Å². The van der Waals surface area contributed by atoms with Gasteiger partial charge in [-0.3, -0.25) is 4.79 Å². The van der Waals surface area contributed by atoms with E-state index >= 15 is 0 Å². The first-order chi connectivity index (χ1) is 13.6. The van der Waals surface area contributed by atoms with E-state index in [9.17, 15) is 14.0 Å². The monoisotopic (exact) mass is 378 g/mol. The van der Waals surface area contributed by atoms with Gasteiger partial charge in [0.1, 0.15) is 11.5 Å². The van der Waals surface area contributed by atoms with Crippen LogP contribution in [0.5, 0.6) is 0 Å². The third-order valence-corrected chi connectivity index (χ3v) is 4.70. The number of aryl methyl sites for hydroxylation is 1. The summed E-state index contributed by atoms with van der Waals surface area (Å²) >= 11 is 0. The second-order valence-corrected chi connectivity index (χ2v) is 6.67. The van der Waals surface area contributed by atoms with Crippen LogP contribution < -0.4 is 5.32 Å². The Kier molecular flexibility index (Phi) is 4.93. The summed E-state index contributed by atoms with van der Waals surface area (Å²) in [6, 6.07) is 16.7. The van der Waals surface area contributed by atoms with Gasteiger partial charge in [-0.15, -0.1) is 0 Å². The van der Waals surface area contributed by atoms with Gasteiger partial charge in [0.2, 0.25) is 0 Å². The molecule has 1 unspecified atom stereocenters. The lowest BCUT2D eigenvalue weighted by Crippen LogP contribution is -2.22. The van der Waals surface area contributed by atoms with Crippen LogP contribution in [0.3, 0.4) is 0 Å². The number of benzene rings is 2. The number of rotatable bonds is 4. The number of carbonyl (C=O) groups excluding carboxylic acids is 2. The van der Waals surface area contributed by atoms with E-state index in [-0.39, 0.29) is 5.91 Å². The largest absolute Gasteiger partial charge is 0.449 e. The third-order valence-electron chi connectivity index (χ3n) is 4.70. The molecule has 0 fully saturated rings. The van der Waals surface area contributed by atoms with Crippen LogP contribution in [0.15, 0.2) is 66.9 Å². The molecule has 1 amide bonds. The third kappa shape index (κ3) is 3.67. The standard InChI is InChI=1S/C22H19FN2O3/c23-18-9-4-8-16(12-18)20(15-6-2-1-3-7-15)28-22(27)17-13-19-21(26)24-10-5-11-25(19)14-17/h1-4,6-9,12-14,20H,5,10-11H2,(H,24,26). The fraction of sp³-hybridized carbons (Fsp3) is 0.182. The van der Waals surface area contributed by atoms with Crippen LogP contribution in [-0.4, -0.2) is 23.0 Å². The molecule has 28 heavy (non-hydrogen) atoms. The maximum Gasteiger partial charge on any atom is 0.340 e. The molecule has 0 spiro atoms. The quantitative estimate of drug-likeness (QED) is 0.704. The van der Waals surface area contributed by atoms with Gasteiger partial charge in [-0.25, -0.2) is 9.18 Å². The van der Waals surface area contributed by atoms with Gasteiger partial charge in [0, 0.05) is 19.3 Å². The van der Waals surface area contributed by atoms with Crippen molar-refractivity contribution < 1.29 is 18.7 Å². The number of nitrogens with one attached hydrogen (secondary N) is 1. The normalized spacial score (nSPS) is 14.5. The minimum absolute atomic E-state index is 0.207. The first-order valence-corrected chi connectivity index (χ1v) is 9.11. The number of carbonyl (C=O) groups is 2. The van der Waals surface area contributed by atoms with E-state index in [1.54, 1.807) is 22.9 Å². The maximum absolute atomic E-state index is 13.8. The number of fused-ring (bicyclic) bond motifs is 1. The number of ether oxygens (including phenoxy) is 1. The fourth-order valence-electron chi connectivity index (χ4n) is 3.34. The Hall–Kier alpha value is -3.41. The van der Waals surface area contributed by atoms with Crippen LogP contribution in [0.25, 0.3) is 0 Å². The van der Waals surface area contributed by atoms with Crippen molar-refractivity contribution in [2.75, 3.05) is 6.54 Å². The molecule has 0 saturated carbocycles. The van der Waals surface area contributed by atoms with Crippen molar-refractivity contribution in [3.8, 4) is 0 Å². The highest BCUT2D eigenvalue weighted by Gasteiger charge is 2.24. The van der Waals surface area contributed by atoms with E-state index in [1.165, 1.54) is 18.2 Å². The van der Waals surface area contributed by atoms with Gasteiger partial charge in [-0.1, -0.05) is 42.5 Å². The van der Waals surface area contributed by atoms with Crippen molar-refractivity contribution in [2.24, 2.45) is 0 Å². The first kappa shape index (κ1) is 18.0. The van der Waals surface area contributed by atoms with Gasteiger partial charge in [-0.05, 0) is 35.7 Å². The minimum Gasteiger partial charge on any atom is -0.449 e. The predicted molar refractivity (Wildman–Crippen MR) is 101 cm³/mol. The molecule has 4 rings (SSSR count). The van der Waals surface area contributed by atoms with Gasteiger partial charge in [-0.2, -0.15) is 0 Å². The Morgan fingerprint density at radius 2 is 1.86 bits per heavy atom. The van der Waals surface area contributed by atoms with Crippen LogP contribution >= 0.6 is 0 Å². The molecule has 6 heteroatoms. The van der Waals surface area contributed by atoms with Crippen molar-refractivity contribution >= 4 is 11.9 Å². The van der Waals surface area contributed by atoms with Crippen LogP contribution in [-0.2, 0) is 11.3 Å². The molecule has 1 aliphatic heterocycles. The summed E-state index contributed by atoms with van der Waals surface area (Å²) in [7, 11) is 0. The molecule has 2 aromatic carbocycles. The zero-order chi connectivity index (χ0) is 19.5.